The van der Waals surface area contributed by atoms with Crippen molar-refractivity contribution in [2.75, 3.05) is 0 Å². The second kappa shape index (κ2) is 21.3. The molecule has 0 atom stereocenters. The molecule has 0 aliphatic heterocycles. The Balaban J connectivity index is 0. The normalized spacial score (nSPS) is 17.6. The highest BCUT2D eigenvalue weighted by atomic mass is 14.0. The largest absolute Gasteiger partial charge is 0.0656 e. The van der Waals surface area contributed by atoms with E-state index >= 15 is 0 Å². The third-order valence-electron chi connectivity index (χ3n) is 2.75. The van der Waals surface area contributed by atoms with Gasteiger partial charge in [0.25, 0.3) is 0 Å². The summed E-state index contributed by atoms with van der Waals surface area (Å²) in [6, 6.07) is 0. The molecule has 2 saturated carbocycles. The van der Waals surface area contributed by atoms with Crippen LogP contribution in [0.4, 0.5) is 0 Å². The van der Waals surface area contributed by atoms with E-state index in [0.29, 0.717) is 0 Å². The highest BCUT2D eigenvalue weighted by Gasteiger charge is 1.95. The fourth-order valence-electron chi connectivity index (χ4n) is 1.49. The molecule has 0 N–H and O–H groups in total. The van der Waals surface area contributed by atoms with Crippen LogP contribution >= 0.6 is 0 Å². The summed E-state index contributed by atoms with van der Waals surface area (Å²) in [4.78, 5) is 0. The predicted molar refractivity (Wildman–Crippen MR) is 82.7 cm³/mol. The van der Waals surface area contributed by atoms with Gasteiger partial charge in [-0.3, -0.25) is 0 Å². The van der Waals surface area contributed by atoms with Crippen molar-refractivity contribution in [3.63, 3.8) is 0 Å². The Bertz CT molecular complexity index is 66.6. The third kappa shape index (κ3) is 25.9. The number of hydrogen-bond acceptors (Lipinski definition) is 0. The highest BCUT2D eigenvalue weighted by Crippen LogP contribution is 2.15. The fourth-order valence-corrected chi connectivity index (χ4v) is 1.49. The van der Waals surface area contributed by atoms with Crippen molar-refractivity contribution in [2.45, 2.75) is 111 Å². The Morgan fingerprint density at radius 3 is 0.471 bits per heavy atom. The predicted octanol–water partition coefficient (Wildman–Crippen LogP) is 7.12. The Labute approximate surface area is 112 Å². The molecule has 0 bridgehead atoms. The third-order valence-corrected chi connectivity index (χ3v) is 2.75. The monoisotopic (exact) mass is 242 g/mol. The maximum Gasteiger partial charge on any atom is -0.0533 e. The summed E-state index contributed by atoms with van der Waals surface area (Å²) in [5, 5.41) is 0. The van der Waals surface area contributed by atoms with Crippen molar-refractivity contribution < 1.29 is 0 Å². The molecular formula is C17H38. The molecule has 0 nitrogen and oxygen atoms in total. The molecule has 0 unspecified atom stereocenters. The van der Waals surface area contributed by atoms with Gasteiger partial charge in [-0.2, -0.15) is 0 Å². The van der Waals surface area contributed by atoms with E-state index in [-0.39, 0.29) is 0 Å². The van der Waals surface area contributed by atoms with Crippen molar-refractivity contribution in [3.8, 4) is 0 Å². The van der Waals surface area contributed by atoms with Gasteiger partial charge >= 0.3 is 0 Å². The lowest BCUT2D eigenvalue weighted by Gasteiger charge is -2.05. The Kier molecular flexibility index (Phi) is 24.2. The van der Waals surface area contributed by atoms with Crippen LogP contribution in [0.2, 0.25) is 0 Å². The molecule has 0 radical (unpaired) electrons. The molecule has 2 rings (SSSR count). The van der Waals surface area contributed by atoms with Gasteiger partial charge < -0.3 is 0 Å². The summed E-state index contributed by atoms with van der Waals surface area (Å²) in [6.45, 7) is 8.50. The van der Waals surface area contributed by atoms with Gasteiger partial charge in [0, 0.05) is 0 Å². The fraction of sp³-hybridized carbons (Fsp3) is 1.00. The SMILES string of the molecule is C1CCC1.C1CCCCCC1.CCC.CCC. The van der Waals surface area contributed by atoms with Gasteiger partial charge in [0.05, 0.1) is 0 Å². The van der Waals surface area contributed by atoms with Crippen LogP contribution in [0.3, 0.4) is 0 Å². The molecule has 106 valence electrons. The van der Waals surface area contributed by atoms with E-state index in [2.05, 4.69) is 27.7 Å². The Morgan fingerprint density at radius 1 is 0.353 bits per heavy atom. The molecule has 0 aromatic rings. The lowest BCUT2D eigenvalue weighted by Crippen LogP contribution is -1.85. The molecular weight excluding hydrogens is 204 g/mol. The molecule has 0 heterocycles. The molecule has 0 heteroatoms. The van der Waals surface area contributed by atoms with Crippen molar-refractivity contribution >= 4 is 0 Å². The van der Waals surface area contributed by atoms with Gasteiger partial charge in [-0.05, 0) is 0 Å². The van der Waals surface area contributed by atoms with Crippen LogP contribution in [0.25, 0.3) is 0 Å². The van der Waals surface area contributed by atoms with E-state index in [1.807, 2.05) is 0 Å². The van der Waals surface area contributed by atoms with Crippen molar-refractivity contribution in [1.29, 1.82) is 0 Å². The molecule has 2 aliphatic carbocycles. The maximum atomic E-state index is 2.12. The minimum absolute atomic E-state index is 1.25. The highest BCUT2D eigenvalue weighted by molar-refractivity contribution is 4.51. The first kappa shape index (κ1) is 19.3. The molecule has 2 aliphatic rings. The van der Waals surface area contributed by atoms with Crippen LogP contribution in [-0.2, 0) is 0 Å². The summed E-state index contributed by atoms with van der Waals surface area (Å²) in [5.74, 6) is 0. The lowest BCUT2D eigenvalue weighted by atomic mass is 10.0. The van der Waals surface area contributed by atoms with E-state index in [0.717, 1.165) is 0 Å². The van der Waals surface area contributed by atoms with E-state index < -0.39 is 0 Å². The van der Waals surface area contributed by atoms with Gasteiger partial charge in [0.15, 0.2) is 0 Å². The van der Waals surface area contributed by atoms with Crippen molar-refractivity contribution in [2.24, 2.45) is 0 Å². The summed E-state index contributed by atoms with van der Waals surface area (Å²) in [5.41, 5.74) is 0. The molecule has 0 aromatic carbocycles. The van der Waals surface area contributed by atoms with E-state index in [4.69, 9.17) is 0 Å². The smallest absolute Gasteiger partial charge is 0.0533 e. The second-order valence-corrected chi connectivity index (χ2v) is 5.30. The molecule has 0 spiro atoms. The zero-order valence-electron chi connectivity index (χ0n) is 13.2. The molecule has 17 heavy (non-hydrogen) atoms. The van der Waals surface area contributed by atoms with Crippen molar-refractivity contribution in [1.82, 2.24) is 0 Å². The molecule has 0 amide bonds. The van der Waals surface area contributed by atoms with E-state index in [9.17, 15) is 0 Å². The standard InChI is InChI=1S/C7H14.C4H8.2C3H8/c1-2-4-6-7-5-3-1;1-2-4-3-1;2*1-3-2/h1-7H2;1-4H2;2*3H2,1-2H3. The van der Waals surface area contributed by atoms with Crippen LogP contribution < -0.4 is 0 Å². The zero-order valence-corrected chi connectivity index (χ0v) is 13.2. The topological polar surface area (TPSA) is 0 Å². The average molecular weight is 242 g/mol. The quantitative estimate of drug-likeness (QED) is 0.396. The van der Waals surface area contributed by atoms with Crippen LogP contribution in [0, 0.1) is 0 Å². The average Bonchev–Trinajstić information content (AvgIpc) is 2.48. The van der Waals surface area contributed by atoms with Gasteiger partial charge in [-0.1, -0.05) is 111 Å². The minimum Gasteiger partial charge on any atom is -0.0656 e. The molecule has 0 aromatic heterocycles. The first-order valence-corrected chi connectivity index (χ1v) is 8.33. The summed E-state index contributed by atoms with van der Waals surface area (Å²) in [7, 11) is 0. The van der Waals surface area contributed by atoms with E-state index in [1.54, 1.807) is 0 Å². The van der Waals surface area contributed by atoms with Crippen LogP contribution in [0.1, 0.15) is 111 Å². The minimum atomic E-state index is 1.25. The summed E-state index contributed by atoms with van der Waals surface area (Å²) < 4.78 is 0. The van der Waals surface area contributed by atoms with Gasteiger partial charge in [0.1, 0.15) is 0 Å². The Morgan fingerprint density at radius 2 is 0.412 bits per heavy atom. The van der Waals surface area contributed by atoms with Crippen LogP contribution in [0.5, 0.6) is 0 Å². The first-order valence-electron chi connectivity index (χ1n) is 8.33. The van der Waals surface area contributed by atoms with Crippen LogP contribution in [-0.4, -0.2) is 0 Å². The molecule has 0 saturated heterocycles. The maximum absolute atomic E-state index is 2.12. The van der Waals surface area contributed by atoms with Gasteiger partial charge in [-0.15, -0.1) is 0 Å². The number of rotatable bonds is 0. The molecule has 2 fully saturated rings. The van der Waals surface area contributed by atoms with Crippen LogP contribution in [0.15, 0.2) is 0 Å². The van der Waals surface area contributed by atoms with Gasteiger partial charge in [-0.25, -0.2) is 0 Å². The number of hydrogen-bond donors (Lipinski definition) is 0. The first-order chi connectivity index (χ1) is 8.33. The lowest BCUT2D eigenvalue weighted by molar-refractivity contribution is 0.504. The van der Waals surface area contributed by atoms with E-state index in [1.165, 1.54) is 83.5 Å². The van der Waals surface area contributed by atoms with Crippen molar-refractivity contribution in [3.05, 3.63) is 0 Å². The van der Waals surface area contributed by atoms with Gasteiger partial charge in [0.2, 0.25) is 0 Å². The summed E-state index contributed by atoms with van der Waals surface area (Å²) >= 11 is 0. The summed E-state index contributed by atoms with van der Waals surface area (Å²) in [6.07, 6.45) is 19.0. The second-order valence-electron chi connectivity index (χ2n) is 5.30. The Hall–Kier alpha value is 0. The zero-order chi connectivity index (χ0) is 13.2.